The second-order valence-corrected chi connectivity index (χ2v) is 13.7. The summed E-state index contributed by atoms with van der Waals surface area (Å²) in [6.07, 6.45) is 47.8. The molecule has 0 rings (SSSR count). The summed E-state index contributed by atoms with van der Waals surface area (Å²) in [5.74, 6) is -0.604. The van der Waals surface area contributed by atoms with Crippen LogP contribution in [0.2, 0.25) is 0 Å². The molecule has 0 amide bonds. The molecular formula is C43H78O5. The van der Waals surface area contributed by atoms with E-state index in [1.165, 1.54) is 109 Å². The predicted octanol–water partition coefficient (Wildman–Crippen LogP) is 12.8. The first-order chi connectivity index (χ1) is 23.6. The molecule has 0 aliphatic carbocycles. The summed E-state index contributed by atoms with van der Waals surface area (Å²) in [5, 5.41) is 9.56. The number of hydrogen-bond acceptors (Lipinski definition) is 5. The highest BCUT2D eigenvalue weighted by Gasteiger charge is 2.16. The van der Waals surface area contributed by atoms with E-state index in [2.05, 4.69) is 50.3 Å². The van der Waals surface area contributed by atoms with Gasteiger partial charge in [0, 0.05) is 12.8 Å². The van der Waals surface area contributed by atoms with E-state index in [0.29, 0.717) is 12.8 Å². The fourth-order valence-corrected chi connectivity index (χ4v) is 5.86. The van der Waals surface area contributed by atoms with E-state index in [9.17, 15) is 14.7 Å². The summed E-state index contributed by atoms with van der Waals surface area (Å²) >= 11 is 0. The third kappa shape index (κ3) is 36.9. The van der Waals surface area contributed by atoms with Crippen LogP contribution in [0.1, 0.15) is 206 Å². The van der Waals surface area contributed by atoms with Crippen LogP contribution in [0, 0.1) is 0 Å². The van der Waals surface area contributed by atoms with Crippen molar-refractivity contribution in [2.45, 2.75) is 213 Å². The number of aliphatic hydroxyl groups excluding tert-OH is 1. The Hall–Kier alpha value is -1.88. The zero-order chi connectivity index (χ0) is 35.0. The second-order valence-electron chi connectivity index (χ2n) is 13.7. The monoisotopic (exact) mass is 675 g/mol. The minimum Gasteiger partial charge on any atom is -0.462 e. The third-order valence-corrected chi connectivity index (χ3v) is 8.95. The van der Waals surface area contributed by atoms with Gasteiger partial charge in [0.1, 0.15) is 6.61 Å². The van der Waals surface area contributed by atoms with Crippen LogP contribution in [-0.4, -0.2) is 36.4 Å². The van der Waals surface area contributed by atoms with Crippen LogP contribution in [0.3, 0.4) is 0 Å². The Balaban J connectivity index is 3.53. The van der Waals surface area contributed by atoms with Crippen molar-refractivity contribution in [3.05, 3.63) is 36.5 Å². The Morgan fingerprint density at radius 2 is 0.896 bits per heavy atom. The minimum absolute atomic E-state index is 0.0700. The van der Waals surface area contributed by atoms with E-state index >= 15 is 0 Å². The molecule has 0 aliphatic rings. The van der Waals surface area contributed by atoms with Crippen molar-refractivity contribution < 1.29 is 24.2 Å². The largest absolute Gasteiger partial charge is 0.462 e. The van der Waals surface area contributed by atoms with Crippen molar-refractivity contribution in [2.75, 3.05) is 13.2 Å². The number of carbonyl (C=O) groups excluding carboxylic acids is 2. The van der Waals surface area contributed by atoms with Gasteiger partial charge in [-0.3, -0.25) is 9.59 Å². The van der Waals surface area contributed by atoms with Gasteiger partial charge in [0.25, 0.3) is 0 Å². The molecule has 5 heteroatoms. The molecule has 1 atom stereocenters. The van der Waals surface area contributed by atoms with Gasteiger partial charge < -0.3 is 14.6 Å². The maximum absolute atomic E-state index is 12.2. The first-order valence-corrected chi connectivity index (χ1v) is 20.5. The number of unbranched alkanes of at least 4 members (excludes halogenated alkanes) is 23. The molecule has 0 saturated heterocycles. The van der Waals surface area contributed by atoms with Crippen LogP contribution < -0.4 is 0 Å². The zero-order valence-corrected chi connectivity index (χ0v) is 31.7. The highest BCUT2D eigenvalue weighted by atomic mass is 16.6. The third-order valence-electron chi connectivity index (χ3n) is 8.95. The highest BCUT2D eigenvalue weighted by Crippen LogP contribution is 2.15. The van der Waals surface area contributed by atoms with Gasteiger partial charge in [-0.05, 0) is 44.9 Å². The van der Waals surface area contributed by atoms with E-state index in [4.69, 9.17) is 9.47 Å². The Labute approximate surface area is 297 Å². The van der Waals surface area contributed by atoms with Gasteiger partial charge in [0.15, 0.2) is 6.10 Å². The summed E-state index contributed by atoms with van der Waals surface area (Å²) in [4.78, 5) is 24.3. The summed E-state index contributed by atoms with van der Waals surface area (Å²) in [5.41, 5.74) is 0. The molecule has 0 heterocycles. The van der Waals surface area contributed by atoms with E-state index < -0.39 is 6.10 Å². The molecule has 1 unspecified atom stereocenters. The number of hydrogen-bond donors (Lipinski definition) is 1. The normalized spacial score (nSPS) is 12.5. The molecule has 280 valence electrons. The molecule has 0 aromatic rings. The minimum atomic E-state index is -0.777. The first kappa shape index (κ1) is 46.1. The summed E-state index contributed by atoms with van der Waals surface area (Å²) in [7, 11) is 0. The van der Waals surface area contributed by atoms with Crippen LogP contribution in [0.15, 0.2) is 36.5 Å². The van der Waals surface area contributed by atoms with Crippen molar-refractivity contribution in [1.29, 1.82) is 0 Å². The lowest BCUT2D eigenvalue weighted by molar-refractivity contribution is -0.161. The number of esters is 2. The number of carbonyl (C=O) groups is 2. The maximum atomic E-state index is 12.2. The number of ether oxygens (including phenoxy) is 2. The average Bonchev–Trinajstić information content (AvgIpc) is 3.09. The van der Waals surface area contributed by atoms with Gasteiger partial charge >= 0.3 is 11.9 Å². The first-order valence-electron chi connectivity index (χ1n) is 20.5. The molecular weight excluding hydrogens is 596 g/mol. The van der Waals surface area contributed by atoms with E-state index in [-0.39, 0.29) is 25.2 Å². The van der Waals surface area contributed by atoms with Gasteiger partial charge in [-0.1, -0.05) is 185 Å². The van der Waals surface area contributed by atoms with Crippen molar-refractivity contribution >= 4 is 11.9 Å². The summed E-state index contributed by atoms with van der Waals surface area (Å²) in [6.45, 7) is 4.02. The Morgan fingerprint density at radius 1 is 0.500 bits per heavy atom. The molecule has 0 aromatic carbocycles. The highest BCUT2D eigenvalue weighted by molar-refractivity contribution is 5.70. The van der Waals surface area contributed by atoms with Gasteiger partial charge in [-0.25, -0.2) is 0 Å². The molecule has 0 spiro atoms. The Bertz CT molecular complexity index is 771. The molecule has 0 aromatic heterocycles. The van der Waals surface area contributed by atoms with Crippen molar-refractivity contribution in [1.82, 2.24) is 0 Å². The van der Waals surface area contributed by atoms with Crippen molar-refractivity contribution in [3.63, 3.8) is 0 Å². The van der Waals surface area contributed by atoms with Crippen LogP contribution in [0.25, 0.3) is 0 Å². The molecule has 5 nitrogen and oxygen atoms in total. The van der Waals surface area contributed by atoms with E-state index in [1.54, 1.807) is 0 Å². The molecule has 0 bridgehead atoms. The molecule has 1 N–H and O–H groups in total. The van der Waals surface area contributed by atoms with Crippen molar-refractivity contribution in [3.8, 4) is 0 Å². The van der Waals surface area contributed by atoms with Crippen LogP contribution in [0.4, 0.5) is 0 Å². The smallest absolute Gasteiger partial charge is 0.306 e. The second kappa shape index (κ2) is 39.6. The van der Waals surface area contributed by atoms with Crippen LogP contribution in [-0.2, 0) is 19.1 Å². The fourth-order valence-electron chi connectivity index (χ4n) is 5.86. The maximum Gasteiger partial charge on any atom is 0.306 e. The van der Waals surface area contributed by atoms with Gasteiger partial charge in [0.2, 0.25) is 0 Å². The van der Waals surface area contributed by atoms with Crippen molar-refractivity contribution in [2.24, 2.45) is 0 Å². The molecule has 0 fully saturated rings. The van der Waals surface area contributed by atoms with Crippen LogP contribution in [0.5, 0.6) is 0 Å². The SMILES string of the molecule is CC/C=C\C/C=C\C/C=C\CCCCCCCC(=O)OC(CO)COC(=O)CCCCCCCCCCCCCCCCCCCCC. The zero-order valence-electron chi connectivity index (χ0n) is 31.7. The summed E-state index contributed by atoms with van der Waals surface area (Å²) in [6, 6.07) is 0. The molecule has 0 aliphatic heterocycles. The fraction of sp³-hybridized carbons (Fsp3) is 0.814. The number of aliphatic hydroxyl groups is 1. The standard InChI is InChI=1S/C43H78O5/c1-3-5-7-9-11-13-15-17-19-20-21-22-24-25-27-29-31-33-35-37-42(45)47-40-41(39-44)48-43(46)38-36-34-32-30-28-26-23-18-16-14-12-10-8-6-4-2/h6,8,12,14,18,23,41,44H,3-5,7,9-11,13,15-17,19-22,24-40H2,1-2H3/b8-6-,14-12-,23-18-. The summed E-state index contributed by atoms with van der Waals surface area (Å²) < 4.78 is 10.6. The predicted molar refractivity (Wildman–Crippen MR) is 205 cm³/mol. The lowest BCUT2D eigenvalue weighted by Gasteiger charge is -2.15. The topological polar surface area (TPSA) is 72.8 Å². The van der Waals surface area contributed by atoms with E-state index in [0.717, 1.165) is 70.6 Å². The molecule has 48 heavy (non-hydrogen) atoms. The van der Waals surface area contributed by atoms with E-state index in [1.807, 2.05) is 0 Å². The molecule has 0 saturated carbocycles. The average molecular weight is 675 g/mol. The van der Waals surface area contributed by atoms with Gasteiger partial charge in [-0.15, -0.1) is 0 Å². The number of rotatable bonds is 37. The quantitative estimate of drug-likeness (QED) is 0.0403. The Morgan fingerprint density at radius 3 is 1.35 bits per heavy atom. The van der Waals surface area contributed by atoms with Gasteiger partial charge in [-0.2, -0.15) is 0 Å². The van der Waals surface area contributed by atoms with Gasteiger partial charge in [0.05, 0.1) is 6.61 Å². The molecule has 0 radical (unpaired) electrons. The lowest BCUT2D eigenvalue weighted by atomic mass is 10.0. The Kier molecular flexibility index (Phi) is 38.0. The lowest BCUT2D eigenvalue weighted by Crippen LogP contribution is -2.28. The number of allylic oxidation sites excluding steroid dienone is 6. The van der Waals surface area contributed by atoms with Crippen LogP contribution >= 0.6 is 0 Å².